The number of aromatic nitrogens is 3. The summed E-state index contributed by atoms with van der Waals surface area (Å²) >= 11 is 13.3. The highest BCUT2D eigenvalue weighted by molar-refractivity contribution is 8.00. The van der Waals surface area contributed by atoms with Crippen LogP contribution in [0.5, 0.6) is 0 Å². The van der Waals surface area contributed by atoms with Crippen molar-refractivity contribution in [3.05, 3.63) is 46.7 Å². The topological polar surface area (TPSA) is 59.8 Å². The number of hydrogen-bond acceptors (Lipinski definition) is 4. The molecular formula is C15H16Cl2N4OS. The summed E-state index contributed by atoms with van der Waals surface area (Å²) in [6.45, 7) is 7.96. The van der Waals surface area contributed by atoms with Gasteiger partial charge in [-0.3, -0.25) is 4.79 Å². The van der Waals surface area contributed by atoms with Crippen LogP contribution in [0.25, 0.3) is 0 Å². The quantitative estimate of drug-likeness (QED) is 0.611. The first-order valence-corrected chi connectivity index (χ1v) is 8.49. The smallest absolute Gasteiger partial charge is 0.237 e. The largest absolute Gasteiger partial charge is 0.324 e. The molecule has 1 heterocycles. The predicted octanol–water partition coefficient (Wildman–Crippen LogP) is 4.20. The van der Waals surface area contributed by atoms with Gasteiger partial charge < -0.3 is 9.88 Å². The number of halogens is 2. The molecule has 0 saturated carbocycles. The van der Waals surface area contributed by atoms with Crippen LogP contribution >= 0.6 is 35.0 Å². The molecule has 0 spiro atoms. The van der Waals surface area contributed by atoms with Crippen LogP contribution < -0.4 is 5.32 Å². The van der Waals surface area contributed by atoms with Gasteiger partial charge in [0.2, 0.25) is 5.91 Å². The molecule has 2 aromatic rings. The monoisotopic (exact) mass is 370 g/mol. The van der Waals surface area contributed by atoms with Crippen molar-refractivity contribution in [3.8, 4) is 0 Å². The molecule has 8 heteroatoms. The minimum absolute atomic E-state index is 0.190. The van der Waals surface area contributed by atoms with Crippen LogP contribution in [0.3, 0.4) is 0 Å². The number of thioether (sulfide) groups is 1. The molecule has 2 rings (SSSR count). The van der Waals surface area contributed by atoms with Gasteiger partial charge in [-0.2, -0.15) is 0 Å². The van der Waals surface area contributed by atoms with Gasteiger partial charge in [-0.05, 0) is 26.0 Å². The molecule has 1 N–H and O–H groups in total. The van der Waals surface area contributed by atoms with Crippen molar-refractivity contribution in [1.29, 1.82) is 0 Å². The van der Waals surface area contributed by atoms with Crippen LogP contribution in [0.15, 0.2) is 36.0 Å². The Morgan fingerprint density at radius 1 is 1.48 bits per heavy atom. The molecule has 1 aromatic heterocycles. The maximum Gasteiger partial charge on any atom is 0.237 e. The first-order chi connectivity index (χ1) is 10.9. The number of benzene rings is 1. The van der Waals surface area contributed by atoms with Gasteiger partial charge in [-0.15, -0.1) is 16.8 Å². The van der Waals surface area contributed by atoms with Crippen LogP contribution in [-0.2, 0) is 11.3 Å². The fourth-order valence-electron chi connectivity index (χ4n) is 1.83. The van der Waals surface area contributed by atoms with Crippen molar-refractivity contribution < 1.29 is 4.79 Å². The Morgan fingerprint density at radius 2 is 2.22 bits per heavy atom. The average Bonchev–Trinajstić information content (AvgIpc) is 2.85. The summed E-state index contributed by atoms with van der Waals surface area (Å²) in [6.07, 6.45) is 1.76. The molecule has 1 atom stereocenters. The second-order valence-electron chi connectivity index (χ2n) is 4.78. The summed E-state index contributed by atoms with van der Waals surface area (Å²) < 4.78 is 1.90. The molecule has 0 bridgehead atoms. The molecule has 1 aromatic carbocycles. The molecule has 5 nitrogen and oxygen atoms in total. The lowest BCUT2D eigenvalue weighted by molar-refractivity contribution is -0.115. The first kappa shape index (κ1) is 17.8. The minimum Gasteiger partial charge on any atom is -0.324 e. The number of aryl methyl sites for hydroxylation is 1. The third kappa shape index (κ3) is 4.28. The van der Waals surface area contributed by atoms with Gasteiger partial charge >= 0.3 is 0 Å². The van der Waals surface area contributed by atoms with Crippen molar-refractivity contribution in [2.45, 2.75) is 30.8 Å². The lowest BCUT2D eigenvalue weighted by atomic mass is 10.3. The molecular weight excluding hydrogens is 355 g/mol. The highest BCUT2D eigenvalue weighted by atomic mass is 35.5. The molecule has 0 fully saturated rings. The van der Waals surface area contributed by atoms with Gasteiger partial charge in [0, 0.05) is 6.54 Å². The predicted molar refractivity (Wildman–Crippen MR) is 95.4 cm³/mol. The molecule has 0 radical (unpaired) electrons. The number of anilines is 1. The summed E-state index contributed by atoms with van der Waals surface area (Å²) in [5, 5.41) is 11.9. The highest BCUT2D eigenvalue weighted by Crippen LogP contribution is 2.30. The Labute approximate surface area is 149 Å². The summed E-state index contributed by atoms with van der Waals surface area (Å²) in [6, 6.07) is 5.10. The van der Waals surface area contributed by atoms with E-state index in [9.17, 15) is 4.79 Å². The number of amides is 1. The number of nitrogens with zero attached hydrogens (tertiary/aromatic N) is 3. The van der Waals surface area contributed by atoms with Crippen molar-refractivity contribution in [3.63, 3.8) is 0 Å². The Morgan fingerprint density at radius 3 is 2.91 bits per heavy atom. The van der Waals surface area contributed by atoms with E-state index in [1.807, 2.05) is 11.5 Å². The Balaban J connectivity index is 2.08. The van der Waals surface area contributed by atoms with E-state index >= 15 is 0 Å². The molecule has 0 aliphatic rings. The van der Waals surface area contributed by atoms with Gasteiger partial charge in [0.1, 0.15) is 5.82 Å². The maximum atomic E-state index is 12.3. The summed E-state index contributed by atoms with van der Waals surface area (Å²) in [5.74, 6) is 0.586. The first-order valence-electron chi connectivity index (χ1n) is 6.86. The molecule has 0 aliphatic heterocycles. The second kappa shape index (κ2) is 7.86. The van der Waals surface area contributed by atoms with Gasteiger partial charge in [-0.25, -0.2) is 0 Å². The van der Waals surface area contributed by atoms with Gasteiger partial charge in [0.25, 0.3) is 0 Å². The number of nitrogens with one attached hydrogen (secondary N) is 1. The van der Waals surface area contributed by atoms with E-state index in [2.05, 4.69) is 22.1 Å². The van der Waals surface area contributed by atoms with E-state index in [4.69, 9.17) is 23.2 Å². The van der Waals surface area contributed by atoms with E-state index in [1.54, 1.807) is 31.2 Å². The Bertz CT molecular complexity index is 732. The van der Waals surface area contributed by atoms with Crippen LogP contribution in [0, 0.1) is 6.92 Å². The standard InChI is InChI=1S/C15H16Cl2N4OS/c1-4-8-21-10(3)19-20-15(21)23-9(2)14(22)18-12-7-5-6-11(16)13(12)17/h4-7,9H,1,8H2,2-3H3,(H,18,22)/t9-/m1/s1. The van der Waals surface area contributed by atoms with Crippen molar-refractivity contribution in [1.82, 2.24) is 14.8 Å². The molecule has 0 saturated heterocycles. The zero-order valence-electron chi connectivity index (χ0n) is 12.7. The van der Waals surface area contributed by atoms with Gasteiger partial charge in [0.15, 0.2) is 5.16 Å². The number of hydrogen-bond donors (Lipinski definition) is 1. The fourth-order valence-corrected chi connectivity index (χ4v) is 3.09. The number of rotatable bonds is 6. The van der Waals surface area contributed by atoms with Crippen LogP contribution in [0.4, 0.5) is 5.69 Å². The number of carbonyl (C=O) groups excluding carboxylic acids is 1. The van der Waals surface area contributed by atoms with Crippen LogP contribution in [0.1, 0.15) is 12.7 Å². The highest BCUT2D eigenvalue weighted by Gasteiger charge is 2.20. The summed E-state index contributed by atoms with van der Waals surface area (Å²) in [5.41, 5.74) is 0.486. The van der Waals surface area contributed by atoms with Crippen LogP contribution in [0.2, 0.25) is 10.0 Å². The second-order valence-corrected chi connectivity index (χ2v) is 6.87. The van der Waals surface area contributed by atoms with E-state index in [-0.39, 0.29) is 11.2 Å². The summed E-state index contributed by atoms with van der Waals surface area (Å²) in [4.78, 5) is 12.3. The third-order valence-corrected chi connectivity index (χ3v) is 4.97. The third-order valence-electron chi connectivity index (χ3n) is 3.07. The fraction of sp³-hybridized carbons (Fsp3) is 0.267. The molecule has 0 unspecified atom stereocenters. The van der Waals surface area contributed by atoms with Gasteiger partial charge in [0.05, 0.1) is 21.0 Å². The van der Waals surface area contributed by atoms with E-state index in [0.717, 1.165) is 5.82 Å². The van der Waals surface area contributed by atoms with Gasteiger partial charge in [-0.1, -0.05) is 47.1 Å². The van der Waals surface area contributed by atoms with E-state index < -0.39 is 0 Å². The Hall–Kier alpha value is -1.50. The number of allylic oxidation sites excluding steroid dienone is 1. The molecule has 0 aliphatic carbocycles. The lowest BCUT2D eigenvalue weighted by Crippen LogP contribution is -2.23. The average molecular weight is 371 g/mol. The van der Waals surface area contributed by atoms with Crippen molar-refractivity contribution in [2.75, 3.05) is 5.32 Å². The lowest BCUT2D eigenvalue weighted by Gasteiger charge is -2.13. The molecule has 23 heavy (non-hydrogen) atoms. The van der Waals surface area contributed by atoms with Crippen molar-refractivity contribution in [2.24, 2.45) is 0 Å². The molecule has 122 valence electrons. The summed E-state index contributed by atoms with van der Waals surface area (Å²) in [7, 11) is 0. The minimum atomic E-state index is -0.378. The SMILES string of the molecule is C=CCn1c(C)nnc1S[C@H](C)C(=O)Nc1cccc(Cl)c1Cl. The molecule has 1 amide bonds. The maximum absolute atomic E-state index is 12.3. The Kier molecular flexibility index (Phi) is 6.10. The number of carbonyl (C=O) groups is 1. The van der Waals surface area contributed by atoms with E-state index in [1.165, 1.54) is 11.8 Å². The van der Waals surface area contributed by atoms with Crippen LogP contribution in [-0.4, -0.2) is 25.9 Å². The van der Waals surface area contributed by atoms with E-state index in [0.29, 0.717) is 27.4 Å². The zero-order chi connectivity index (χ0) is 17.0. The van der Waals surface area contributed by atoms with Crippen molar-refractivity contribution >= 4 is 46.6 Å². The zero-order valence-corrected chi connectivity index (χ0v) is 15.0. The normalized spacial score (nSPS) is 12.0.